The molecule has 0 fully saturated rings. The van der Waals surface area contributed by atoms with Crippen LogP contribution in [0.5, 0.6) is 5.88 Å². The average molecular weight is 233 g/mol. The minimum atomic E-state index is -0.713. The van der Waals surface area contributed by atoms with Crippen molar-refractivity contribution in [2.24, 2.45) is 0 Å². The molecule has 0 bridgehead atoms. The number of nitrogens with zero attached hydrogens (tertiary/aromatic N) is 2. The Bertz CT molecular complexity index is 568. The third-order valence-electron chi connectivity index (χ3n) is 2.01. The topological polar surface area (TPSA) is 61.0 Å². The summed E-state index contributed by atoms with van der Waals surface area (Å²) in [7, 11) is 0. The van der Waals surface area contributed by atoms with Gasteiger partial charge in [-0.25, -0.2) is 4.98 Å². The normalized spacial score (nSPS) is 11.3. The van der Waals surface area contributed by atoms with Gasteiger partial charge in [-0.3, -0.25) is 0 Å². The van der Waals surface area contributed by atoms with Crippen LogP contribution in [-0.4, -0.2) is 15.6 Å². The summed E-state index contributed by atoms with van der Waals surface area (Å²) < 4.78 is 5.64. The van der Waals surface area contributed by atoms with E-state index in [0.29, 0.717) is 5.88 Å². The highest BCUT2D eigenvalue weighted by atomic mass is 32.1. The second-order valence-corrected chi connectivity index (χ2v) is 4.68. The zero-order valence-corrected chi connectivity index (χ0v) is 9.84. The molecule has 2 N–H and O–H groups in total. The number of ether oxygens (including phenoxy) is 1. The van der Waals surface area contributed by atoms with E-state index in [9.17, 15) is 0 Å². The molecule has 0 saturated carbocycles. The molecule has 2 aromatic heterocycles. The molecule has 0 aliphatic heterocycles. The van der Waals surface area contributed by atoms with Crippen LogP contribution in [0.15, 0.2) is 11.4 Å². The van der Waals surface area contributed by atoms with Crippen LogP contribution < -0.4 is 10.5 Å². The van der Waals surface area contributed by atoms with Crippen LogP contribution in [0.2, 0.25) is 0 Å². The summed E-state index contributed by atoms with van der Waals surface area (Å²) in [6, 6.07) is 1.89. The molecule has 2 aromatic rings. The van der Waals surface area contributed by atoms with Crippen molar-refractivity contribution < 1.29 is 4.74 Å². The second kappa shape index (κ2) is 3.65. The Kier molecular flexibility index (Phi) is 2.44. The van der Waals surface area contributed by atoms with Crippen molar-refractivity contribution in [3.8, 4) is 18.2 Å². The Morgan fingerprint density at radius 2 is 2.25 bits per heavy atom. The Labute approximate surface area is 97.5 Å². The SMILES string of the molecule is C#CC(C)(C)Oc1nc(N)nc2sccc12. The molecule has 0 amide bonds. The molecule has 0 spiro atoms. The van der Waals surface area contributed by atoms with E-state index in [1.54, 1.807) is 13.8 Å². The first-order valence-corrected chi connectivity index (χ1v) is 5.57. The summed E-state index contributed by atoms with van der Waals surface area (Å²) in [6.07, 6.45) is 5.36. The monoisotopic (exact) mass is 233 g/mol. The maximum Gasteiger partial charge on any atom is 0.228 e. The van der Waals surface area contributed by atoms with Crippen LogP contribution in [0.4, 0.5) is 5.95 Å². The lowest BCUT2D eigenvalue weighted by atomic mass is 10.1. The average Bonchev–Trinajstić information content (AvgIpc) is 2.65. The number of rotatable bonds is 2. The van der Waals surface area contributed by atoms with E-state index in [1.165, 1.54) is 11.3 Å². The molecule has 0 atom stereocenters. The standard InChI is InChI=1S/C11H11N3OS/c1-4-11(2,3)15-8-7-5-6-16-9(7)14-10(12)13-8/h1,5-6H,2-3H3,(H2,12,13,14). The minimum Gasteiger partial charge on any atom is -0.458 e. The molecule has 0 aromatic carbocycles. The number of terminal acetylenes is 1. The van der Waals surface area contributed by atoms with Crippen molar-refractivity contribution in [3.05, 3.63) is 11.4 Å². The summed E-state index contributed by atoms with van der Waals surface area (Å²) >= 11 is 1.49. The van der Waals surface area contributed by atoms with Crippen LogP contribution in [0, 0.1) is 12.3 Å². The van der Waals surface area contributed by atoms with E-state index in [-0.39, 0.29) is 5.95 Å². The molecule has 0 aliphatic rings. The van der Waals surface area contributed by atoms with Crippen LogP contribution in [-0.2, 0) is 0 Å². The third-order valence-corrected chi connectivity index (χ3v) is 2.81. The van der Waals surface area contributed by atoms with Gasteiger partial charge in [0.25, 0.3) is 0 Å². The van der Waals surface area contributed by atoms with E-state index in [2.05, 4.69) is 15.9 Å². The van der Waals surface area contributed by atoms with E-state index in [4.69, 9.17) is 16.9 Å². The fourth-order valence-electron chi connectivity index (χ4n) is 1.19. The Morgan fingerprint density at radius 1 is 1.50 bits per heavy atom. The van der Waals surface area contributed by atoms with E-state index in [0.717, 1.165) is 10.2 Å². The lowest BCUT2D eigenvalue weighted by Crippen LogP contribution is -2.26. The maximum atomic E-state index is 5.64. The lowest BCUT2D eigenvalue weighted by molar-refractivity contribution is 0.167. The fraction of sp³-hybridized carbons (Fsp3) is 0.273. The number of hydrogen-bond donors (Lipinski definition) is 1. The number of anilines is 1. The summed E-state index contributed by atoms with van der Waals surface area (Å²) in [5.41, 5.74) is 4.88. The first kappa shape index (κ1) is 10.7. The van der Waals surface area contributed by atoms with Gasteiger partial charge < -0.3 is 10.5 Å². The van der Waals surface area contributed by atoms with Crippen LogP contribution in [0.3, 0.4) is 0 Å². The molecule has 4 nitrogen and oxygen atoms in total. The van der Waals surface area contributed by atoms with Crippen molar-refractivity contribution in [1.82, 2.24) is 9.97 Å². The molecule has 0 radical (unpaired) electrons. The molecular formula is C11H11N3OS. The largest absolute Gasteiger partial charge is 0.458 e. The van der Waals surface area contributed by atoms with Gasteiger partial charge in [0, 0.05) is 0 Å². The summed E-state index contributed by atoms with van der Waals surface area (Å²) in [5, 5.41) is 2.75. The van der Waals surface area contributed by atoms with E-state index >= 15 is 0 Å². The highest BCUT2D eigenvalue weighted by molar-refractivity contribution is 7.16. The van der Waals surface area contributed by atoms with Gasteiger partial charge in [-0.15, -0.1) is 17.8 Å². The van der Waals surface area contributed by atoms with E-state index < -0.39 is 5.60 Å². The molecular weight excluding hydrogens is 222 g/mol. The van der Waals surface area contributed by atoms with Crippen molar-refractivity contribution >= 4 is 27.5 Å². The molecule has 2 heterocycles. The minimum absolute atomic E-state index is 0.192. The van der Waals surface area contributed by atoms with Gasteiger partial charge in [-0.1, -0.05) is 5.92 Å². The van der Waals surface area contributed by atoms with Crippen LogP contribution >= 0.6 is 11.3 Å². The van der Waals surface area contributed by atoms with Gasteiger partial charge in [0.05, 0.1) is 5.39 Å². The van der Waals surface area contributed by atoms with Gasteiger partial charge in [-0.05, 0) is 25.3 Å². The quantitative estimate of drug-likeness (QED) is 0.806. The number of thiophene rings is 1. The molecule has 0 unspecified atom stereocenters. The zero-order valence-electron chi connectivity index (χ0n) is 9.02. The molecule has 16 heavy (non-hydrogen) atoms. The van der Waals surface area contributed by atoms with Crippen LogP contribution in [0.1, 0.15) is 13.8 Å². The summed E-state index contributed by atoms with van der Waals surface area (Å²) in [5.74, 6) is 3.18. The number of aromatic nitrogens is 2. The second-order valence-electron chi connectivity index (χ2n) is 3.78. The van der Waals surface area contributed by atoms with Crippen LogP contribution in [0.25, 0.3) is 10.2 Å². The predicted octanol–water partition coefficient (Wildman–Crippen LogP) is 2.06. The number of hydrogen-bond acceptors (Lipinski definition) is 5. The molecule has 5 heteroatoms. The molecule has 82 valence electrons. The van der Waals surface area contributed by atoms with Crippen molar-refractivity contribution in [2.45, 2.75) is 19.4 Å². The van der Waals surface area contributed by atoms with Gasteiger partial charge >= 0.3 is 0 Å². The first-order chi connectivity index (χ1) is 7.52. The van der Waals surface area contributed by atoms with E-state index in [1.807, 2.05) is 11.4 Å². The summed E-state index contributed by atoms with van der Waals surface area (Å²) in [4.78, 5) is 8.97. The third kappa shape index (κ3) is 1.92. The van der Waals surface area contributed by atoms with Crippen molar-refractivity contribution in [3.63, 3.8) is 0 Å². The van der Waals surface area contributed by atoms with Gasteiger partial charge in [0.2, 0.25) is 11.8 Å². The highest BCUT2D eigenvalue weighted by Gasteiger charge is 2.19. The Hall–Kier alpha value is -1.80. The Balaban J connectivity index is 2.52. The number of fused-ring (bicyclic) bond motifs is 1. The fourth-order valence-corrected chi connectivity index (χ4v) is 1.95. The van der Waals surface area contributed by atoms with Gasteiger partial charge in [0.1, 0.15) is 4.83 Å². The number of nitrogen functional groups attached to an aromatic ring is 1. The highest BCUT2D eigenvalue weighted by Crippen LogP contribution is 2.29. The van der Waals surface area contributed by atoms with Crippen molar-refractivity contribution in [2.75, 3.05) is 5.73 Å². The predicted molar refractivity (Wildman–Crippen MR) is 65.4 cm³/mol. The molecule has 0 aliphatic carbocycles. The molecule has 2 rings (SSSR count). The Morgan fingerprint density at radius 3 is 2.94 bits per heavy atom. The lowest BCUT2D eigenvalue weighted by Gasteiger charge is -2.19. The smallest absolute Gasteiger partial charge is 0.228 e. The maximum absolute atomic E-state index is 5.64. The zero-order chi connectivity index (χ0) is 11.8. The molecule has 0 saturated heterocycles. The van der Waals surface area contributed by atoms with Gasteiger partial charge in [-0.2, -0.15) is 4.98 Å². The van der Waals surface area contributed by atoms with Crippen molar-refractivity contribution in [1.29, 1.82) is 0 Å². The summed E-state index contributed by atoms with van der Waals surface area (Å²) in [6.45, 7) is 3.59. The van der Waals surface area contributed by atoms with Gasteiger partial charge in [0.15, 0.2) is 5.60 Å². The first-order valence-electron chi connectivity index (χ1n) is 4.69. The number of nitrogens with two attached hydrogens (primary N) is 1.